The molecule has 0 saturated carbocycles. The summed E-state index contributed by atoms with van der Waals surface area (Å²) in [6.45, 7) is 0.645. The molecule has 29 heavy (non-hydrogen) atoms. The van der Waals surface area contributed by atoms with Crippen molar-refractivity contribution in [2.75, 3.05) is 0 Å². The number of primary amides is 1. The molecule has 1 saturated heterocycles. The predicted molar refractivity (Wildman–Crippen MR) is 112 cm³/mol. The van der Waals surface area contributed by atoms with E-state index in [0.717, 1.165) is 35.5 Å². The zero-order valence-electron chi connectivity index (χ0n) is 16.0. The van der Waals surface area contributed by atoms with Gasteiger partial charge in [0.05, 0.1) is 18.2 Å². The van der Waals surface area contributed by atoms with Crippen LogP contribution in [0.2, 0.25) is 0 Å². The first kappa shape index (κ1) is 18.1. The van der Waals surface area contributed by atoms with Crippen molar-refractivity contribution in [3.63, 3.8) is 0 Å². The minimum absolute atomic E-state index is 0.0887. The Morgan fingerprint density at radius 3 is 2.66 bits per heavy atom. The summed E-state index contributed by atoms with van der Waals surface area (Å²) in [6, 6.07) is 12.1. The van der Waals surface area contributed by atoms with Gasteiger partial charge in [-0.2, -0.15) is 11.3 Å². The van der Waals surface area contributed by atoms with Crippen molar-refractivity contribution in [3.8, 4) is 11.4 Å². The third kappa shape index (κ3) is 3.15. The maximum Gasteiger partial charge on any atom is 0.269 e. The topological polar surface area (TPSA) is 81.2 Å². The highest BCUT2D eigenvalue weighted by Gasteiger charge is 2.41. The number of rotatable bonds is 4. The molecule has 2 aliphatic heterocycles. The minimum atomic E-state index is -0.509. The molecule has 6 nitrogen and oxygen atoms in total. The summed E-state index contributed by atoms with van der Waals surface area (Å²) in [5, 5.41) is 4.03. The van der Waals surface area contributed by atoms with Crippen molar-refractivity contribution >= 4 is 23.2 Å². The molecular weight excluding hydrogens is 384 g/mol. The maximum absolute atomic E-state index is 13.1. The van der Waals surface area contributed by atoms with Crippen LogP contribution in [0.25, 0.3) is 11.4 Å². The number of carbonyl (C=O) groups is 2. The molecule has 5 rings (SSSR count). The number of thiophene rings is 1. The van der Waals surface area contributed by atoms with Gasteiger partial charge in [0.1, 0.15) is 11.5 Å². The molecule has 1 aromatic carbocycles. The van der Waals surface area contributed by atoms with Crippen LogP contribution in [-0.2, 0) is 24.2 Å². The molecule has 0 aliphatic carbocycles. The average molecular weight is 407 g/mol. The maximum atomic E-state index is 13.1. The van der Waals surface area contributed by atoms with Crippen LogP contribution in [0, 0.1) is 0 Å². The number of nitrogens with zero attached hydrogens (tertiary/aromatic N) is 3. The fourth-order valence-electron chi connectivity index (χ4n) is 4.74. The van der Waals surface area contributed by atoms with Crippen LogP contribution in [0.15, 0.2) is 47.2 Å². The lowest BCUT2D eigenvalue weighted by molar-refractivity contribution is -0.133. The van der Waals surface area contributed by atoms with Crippen molar-refractivity contribution in [1.82, 2.24) is 14.5 Å². The first-order chi connectivity index (χ1) is 14.1. The highest BCUT2D eigenvalue weighted by molar-refractivity contribution is 7.08. The fraction of sp³-hybridized carbons (Fsp3) is 0.318. The molecule has 1 fully saturated rings. The quantitative estimate of drug-likeness (QED) is 0.723. The number of carbonyl (C=O) groups excluding carboxylic acids is 2. The molecule has 0 spiro atoms. The van der Waals surface area contributed by atoms with E-state index in [2.05, 4.69) is 14.5 Å². The molecule has 0 radical (unpaired) electrons. The number of aromatic nitrogens is 2. The Morgan fingerprint density at radius 1 is 1.14 bits per heavy atom. The predicted octanol–water partition coefficient (Wildman–Crippen LogP) is 2.87. The smallest absolute Gasteiger partial charge is 0.269 e. The number of nitrogens with two attached hydrogens (primary N) is 1. The SMILES string of the molecule is NC(=O)c1nc(-c2ccccc2)n2c1C[C@@H]1CC[C@H](C2)N1C(=O)Cc1ccsc1. The second-order valence-corrected chi connectivity index (χ2v) is 8.55. The summed E-state index contributed by atoms with van der Waals surface area (Å²) < 4.78 is 2.12. The van der Waals surface area contributed by atoms with Crippen LogP contribution in [0.1, 0.15) is 34.6 Å². The van der Waals surface area contributed by atoms with Gasteiger partial charge in [-0.15, -0.1) is 0 Å². The Morgan fingerprint density at radius 2 is 1.93 bits per heavy atom. The number of fused-ring (bicyclic) bond motifs is 3. The normalized spacial score (nSPS) is 20.3. The lowest BCUT2D eigenvalue weighted by Crippen LogP contribution is -2.42. The van der Waals surface area contributed by atoms with Gasteiger partial charge in [-0.05, 0) is 35.2 Å². The van der Waals surface area contributed by atoms with Crippen molar-refractivity contribution in [2.45, 2.75) is 44.3 Å². The number of imidazole rings is 1. The molecule has 3 aromatic rings. The number of benzene rings is 1. The van der Waals surface area contributed by atoms with Crippen molar-refractivity contribution < 1.29 is 9.59 Å². The third-order valence-corrected chi connectivity index (χ3v) is 6.74. The van der Waals surface area contributed by atoms with E-state index < -0.39 is 5.91 Å². The largest absolute Gasteiger partial charge is 0.364 e. The van der Waals surface area contributed by atoms with Gasteiger partial charge in [0.15, 0.2) is 0 Å². The van der Waals surface area contributed by atoms with Crippen LogP contribution in [-0.4, -0.2) is 38.3 Å². The molecule has 7 heteroatoms. The van der Waals surface area contributed by atoms with Gasteiger partial charge in [-0.3, -0.25) is 9.59 Å². The summed E-state index contributed by atoms with van der Waals surface area (Å²) in [4.78, 5) is 31.9. The molecule has 2 atom stereocenters. The van der Waals surface area contributed by atoms with Crippen molar-refractivity contribution in [3.05, 3.63) is 64.1 Å². The molecular formula is C22H22N4O2S. The van der Waals surface area contributed by atoms with Gasteiger partial charge in [-0.25, -0.2) is 4.98 Å². The standard InChI is InChI=1S/C22H22N4O2S/c23-21(28)20-18-11-16-6-7-17(26(16)19(27)10-14-8-9-29-13-14)12-25(18)22(24-20)15-4-2-1-3-5-15/h1-5,8-9,13,16-17H,6-7,10-12H2,(H2,23,28)/t16-,17+/m0/s1. The van der Waals surface area contributed by atoms with Gasteiger partial charge < -0.3 is 15.2 Å². The van der Waals surface area contributed by atoms with Gasteiger partial charge in [0.25, 0.3) is 5.91 Å². The Balaban J connectivity index is 1.53. The van der Waals surface area contributed by atoms with E-state index in [1.54, 1.807) is 11.3 Å². The first-order valence-corrected chi connectivity index (χ1v) is 10.8. The van der Waals surface area contributed by atoms with Crippen molar-refractivity contribution in [2.24, 2.45) is 5.73 Å². The number of amides is 2. The Labute approximate surface area is 173 Å². The summed E-state index contributed by atoms with van der Waals surface area (Å²) >= 11 is 1.61. The zero-order chi connectivity index (χ0) is 20.0. The lowest BCUT2D eigenvalue weighted by atomic mass is 10.1. The van der Waals surface area contributed by atoms with Crippen molar-refractivity contribution in [1.29, 1.82) is 0 Å². The molecule has 0 unspecified atom stereocenters. The Bertz CT molecular complexity index is 1060. The van der Waals surface area contributed by atoms with Gasteiger partial charge in [-0.1, -0.05) is 30.3 Å². The number of hydrogen-bond donors (Lipinski definition) is 1. The summed E-state index contributed by atoms with van der Waals surface area (Å²) in [7, 11) is 0. The summed E-state index contributed by atoms with van der Waals surface area (Å²) in [6.07, 6.45) is 2.96. The van der Waals surface area contributed by atoms with Gasteiger partial charge in [0, 0.05) is 24.6 Å². The average Bonchev–Trinajstić information content (AvgIpc) is 3.40. The molecule has 2 aromatic heterocycles. The Kier molecular flexibility index (Phi) is 4.47. The molecule has 2 N–H and O–H groups in total. The second-order valence-electron chi connectivity index (χ2n) is 7.77. The highest BCUT2D eigenvalue weighted by Crippen LogP contribution is 2.36. The van der Waals surface area contributed by atoms with Crippen LogP contribution in [0.5, 0.6) is 0 Å². The third-order valence-electron chi connectivity index (χ3n) is 6.00. The molecule has 148 valence electrons. The van der Waals surface area contributed by atoms with Gasteiger partial charge in [0.2, 0.25) is 5.91 Å². The van der Waals surface area contributed by atoms with Crippen LogP contribution >= 0.6 is 11.3 Å². The summed E-state index contributed by atoms with van der Waals surface area (Å²) in [5.41, 5.74) is 8.88. The van der Waals surface area contributed by atoms with E-state index >= 15 is 0 Å². The monoisotopic (exact) mass is 406 g/mol. The number of hydrogen-bond acceptors (Lipinski definition) is 4. The highest BCUT2D eigenvalue weighted by atomic mass is 32.1. The van der Waals surface area contributed by atoms with Gasteiger partial charge >= 0.3 is 0 Å². The Hall–Kier alpha value is -2.93. The van der Waals surface area contributed by atoms with E-state index in [9.17, 15) is 9.59 Å². The zero-order valence-corrected chi connectivity index (χ0v) is 16.8. The lowest BCUT2D eigenvalue weighted by Gasteiger charge is -2.28. The van der Waals surface area contributed by atoms with E-state index in [-0.39, 0.29) is 18.0 Å². The van der Waals surface area contributed by atoms with E-state index in [4.69, 9.17) is 5.73 Å². The van der Waals surface area contributed by atoms with Crippen LogP contribution in [0.4, 0.5) is 0 Å². The van der Waals surface area contributed by atoms with E-state index in [1.165, 1.54) is 0 Å². The molecule has 4 heterocycles. The molecule has 2 aliphatic rings. The van der Waals surface area contributed by atoms with E-state index in [1.807, 2.05) is 47.2 Å². The van der Waals surface area contributed by atoms with E-state index in [0.29, 0.717) is 25.1 Å². The second kappa shape index (κ2) is 7.15. The fourth-order valence-corrected chi connectivity index (χ4v) is 5.40. The minimum Gasteiger partial charge on any atom is -0.364 e. The first-order valence-electron chi connectivity index (χ1n) is 9.88. The summed E-state index contributed by atoms with van der Waals surface area (Å²) in [5.74, 6) is 0.411. The molecule has 2 bridgehead atoms. The van der Waals surface area contributed by atoms with Crippen LogP contribution in [0.3, 0.4) is 0 Å². The molecule has 2 amide bonds. The van der Waals surface area contributed by atoms with Crippen LogP contribution < -0.4 is 5.73 Å².